The van der Waals surface area contributed by atoms with Crippen LogP contribution in [-0.4, -0.2) is 21.8 Å². The van der Waals surface area contributed by atoms with Crippen molar-refractivity contribution in [2.24, 2.45) is 0 Å². The molecule has 0 aromatic heterocycles. The van der Waals surface area contributed by atoms with E-state index in [9.17, 15) is 14.8 Å². The minimum Gasteiger partial charge on any atom is -0.508 e. The molecule has 0 heterocycles. The highest BCUT2D eigenvalue weighted by Gasteiger charge is 2.38. The second-order valence-corrected chi connectivity index (χ2v) is 17.7. The largest absolute Gasteiger partial charge is 0.508 e. The van der Waals surface area contributed by atoms with Crippen LogP contribution in [-0.2, 0) is 13.6 Å². The van der Waals surface area contributed by atoms with E-state index in [1.54, 1.807) is 35.7 Å². The first-order chi connectivity index (χ1) is 25.5. The number of rotatable bonds is 18. The van der Waals surface area contributed by atoms with Crippen LogP contribution in [0.1, 0.15) is 126 Å². The minimum atomic E-state index is -3.10. The third-order valence-corrected chi connectivity index (χ3v) is 13.6. The Morgan fingerprint density at radius 2 is 0.889 bits per heavy atom. The SMILES string of the molecule is CCC(CC)(Oc1cc(C)c(Sc2ccc(O)c(C(C)C)c2)c(C)c1)O[PH](=O)OC(CC)(CC)Oc1cc(C)c(Sc2ccc(O)c(C(C)C)c2)c(C)c1. The van der Waals surface area contributed by atoms with Crippen molar-refractivity contribution in [1.82, 2.24) is 0 Å². The first kappa shape index (κ1) is 43.7. The lowest BCUT2D eigenvalue weighted by Gasteiger charge is -2.36. The lowest BCUT2D eigenvalue weighted by Crippen LogP contribution is -2.39. The molecule has 294 valence electrons. The molecule has 2 N–H and O–H groups in total. The summed E-state index contributed by atoms with van der Waals surface area (Å²) in [7, 11) is -3.10. The van der Waals surface area contributed by atoms with Gasteiger partial charge in [0.15, 0.2) is 0 Å². The van der Waals surface area contributed by atoms with E-state index in [1.165, 1.54) is 0 Å². The maximum Gasteiger partial charge on any atom is 0.325 e. The summed E-state index contributed by atoms with van der Waals surface area (Å²) in [6.45, 7) is 24.3. The van der Waals surface area contributed by atoms with E-state index in [0.29, 0.717) is 48.7 Å². The van der Waals surface area contributed by atoms with Gasteiger partial charge in [-0.15, -0.1) is 0 Å². The second-order valence-electron chi connectivity index (χ2n) is 14.6. The van der Waals surface area contributed by atoms with Gasteiger partial charge in [0.2, 0.25) is 11.6 Å². The van der Waals surface area contributed by atoms with Gasteiger partial charge in [0.05, 0.1) is 0 Å². The predicted molar refractivity (Wildman–Crippen MR) is 224 cm³/mol. The number of hydrogen-bond donors (Lipinski definition) is 2. The summed E-state index contributed by atoms with van der Waals surface area (Å²) in [5.74, 6) is -0.0303. The first-order valence-corrected chi connectivity index (χ1v) is 21.9. The average Bonchev–Trinajstić information content (AvgIpc) is 3.11. The van der Waals surface area contributed by atoms with Gasteiger partial charge in [0.25, 0.3) is 0 Å². The molecule has 4 rings (SSSR count). The number of hydrogen-bond acceptors (Lipinski definition) is 9. The molecule has 0 bridgehead atoms. The smallest absolute Gasteiger partial charge is 0.325 e. The monoisotopic (exact) mass is 794 g/mol. The van der Waals surface area contributed by atoms with Crippen molar-refractivity contribution in [3.8, 4) is 23.0 Å². The summed E-state index contributed by atoms with van der Waals surface area (Å²) < 4.78 is 39.4. The molecule has 0 radical (unpaired) electrons. The second kappa shape index (κ2) is 18.7. The topological polar surface area (TPSA) is 94.5 Å². The highest BCUT2D eigenvalue weighted by molar-refractivity contribution is 7.99. The summed E-state index contributed by atoms with van der Waals surface area (Å²) >= 11 is 3.32. The quantitative estimate of drug-likeness (QED) is 0.0754. The molecule has 0 aliphatic carbocycles. The maximum absolute atomic E-state index is 13.8. The van der Waals surface area contributed by atoms with E-state index < -0.39 is 19.8 Å². The number of aromatic hydroxyl groups is 2. The molecule has 10 heteroatoms. The van der Waals surface area contributed by atoms with E-state index in [1.807, 2.05) is 76.2 Å². The Bertz CT molecular complexity index is 1750. The van der Waals surface area contributed by atoms with Crippen LogP contribution < -0.4 is 9.47 Å². The van der Waals surface area contributed by atoms with Crippen molar-refractivity contribution in [3.05, 3.63) is 94.0 Å². The molecular formula is C44H59O7PS2. The number of phenols is 2. The fourth-order valence-electron chi connectivity index (χ4n) is 6.49. The molecule has 0 saturated heterocycles. The summed E-state index contributed by atoms with van der Waals surface area (Å²) in [5.41, 5.74) is 6.02. The van der Waals surface area contributed by atoms with Gasteiger partial charge in [-0.1, -0.05) is 78.9 Å². The Morgan fingerprint density at radius 1 is 0.574 bits per heavy atom. The van der Waals surface area contributed by atoms with Crippen molar-refractivity contribution in [2.45, 2.75) is 152 Å². The van der Waals surface area contributed by atoms with Crippen LogP contribution in [0.25, 0.3) is 0 Å². The Labute approximate surface area is 332 Å². The van der Waals surface area contributed by atoms with Crippen LogP contribution in [0.5, 0.6) is 23.0 Å². The van der Waals surface area contributed by atoms with Gasteiger partial charge < -0.3 is 19.7 Å². The van der Waals surface area contributed by atoms with E-state index >= 15 is 0 Å². The molecule has 0 aliphatic rings. The van der Waals surface area contributed by atoms with E-state index in [4.69, 9.17) is 18.5 Å². The summed E-state index contributed by atoms with van der Waals surface area (Å²) in [6, 6.07) is 19.5. The first-order valence-electron chi connectivity index (χ1n) is 19.0. The molecule has 0 fully saturated rings. The summed E-state index contributed by atoms with van der Waals surface area (Å²) in [6.07, 6.45) is 1.80. The van der Waals surface area contributed by atoms with Crippen LogP contribution in [0, 0.1) is 27.7 Å². The van der Waals surface area contributed by atoms with Crippen molar-refractivity contribution in [1.29, 1.82) is 0 Å². The molecule has 0 aliphatic heterocycles. The molecule has 0 atom stereocenters. The van der Waals surface area contributed by atoms with Crippen LogP contribution in [0.2, 0.25) is 0 Å². The van der Waals surface area contributed by atoms with Gasteiger partial charge in [0, 0.05) is 45.3 Å². The highest BCUT2D eigenvalue weighted by Crippen LogP contribution is 2.45. The lowest BCUT2D eigenvalue weighted by molar-refractivity contribution is -0.155. The van der Waals surface area contributed by atoms with E-state index in [2.05, 4.69) is 55.4 Å². The Morgan fingerprint density at radius 3 is 1.17 bits per heavy atom. The molecule has 0 spiro atoms. The van der Waals surface area contributed by atoms with Crippen molar-refractivity contribution in [2.75, 3.05) is 0 Å². The van der Waals surface area contributed by atoms with Crippen molar-refractivity contribution in [3.63, 3.8) is 0 Å². The molecule has 0 amide bonds. The van der Waals surface area contributed by atoms with Gasteiger partial charge in [-0.25, -0.2) is 0 Å². The molecule has 0 unspecified atom stereocenters. The molecule has 0 saturated carbocycles. The van der Waals surface area contributed by atoms with Gasteiger partial charge >= 0.3 is 8.25 Å². The zero-order chi connectivity index (χ0) is 40.0. The van der Waals surface area contributed by atoms with E-state index in [-0.39, 0.29) is 11.8 Å². The molecule has 54 heavy (non-hydrogen) atoms. The van der Waals surface area contributed by atoms with Crippen LogP contribution in [0.15, 0.2) is 80.2 Å². The number of benzene rings is 4. The van der Waals surface area contributed by atoms with Gasteiger partial charge in [0.1, 0.15) is 23.0 Å². The Hall–Kier alpha value is -3.07. The van der Waals surface area contributed by atoms with Crippen LogP contribution in [0.4, 0.5) is 0 Å². The van der Waals surface area contributed by atoms with E-state index in [0.717, 1.165) is 53.0 Å². The Kier molecular flexibility index (Phi) is 15.1. The fraction of sp³-hybridized carbons (Fsp3) is 0.455. The van der Waals surface area contributed by atoms with Crippen molar-refractivity contribution < 1.29 is 33.3 Å². The average molecular weight is 795 g/mol. The molecule has 4 aromatic rings. The zero-order valence-electron chi connectivity index (χ0n) is 34.0. The molecule has 4 aromatic carbocycles. The highest BCUT2D eigenvalue weighted by atomic mass is 32.2. The lowest BCUT2D eigenvalue weighted by atomic mass is 10.0. The fourth-order valence-corrected chi connectivity index (χ4v) is 9.79. The molecule has 7 nitrogen and oxygen atoms in total. The standard InChI is InChI=1S/C44H59O7PS2/c1-13-43(14-2,48-33-21-29(9)41(30(10)22-33)53-35-17-19-39(45)37(25-35)27(5)6)50-52(47)51-44(15-3,16-4)49-34-23-31(11)42(32(12)24-34)54-36-18-20-40(46)38(26-36)28(7)8/h17-28,45-46,52H,13-16H2,1-12H3. The summed E-state index contributed by atoms with van der Waals surface area (Å²) in [4.78, 5) is 4.34. The third-order valence-electron chi connectivity index (χ3n) is 9.85. The van der Waals surface area contributed by atoms with Gasteiger partial charge in [-0.3, -0.25) is 13.6 Å². The van der Waals surface area contributed by atoms with Crippen LogP contribution >= 0.6 is 31.8 Å². The maximum atomic E-state index is 13.8. The Balaban J connectivity index is 1.50. The zero-order valence-corrected chi connectivity index (χ0v) is 36.6. The number of ether oxygens (including phenoxy) is 2. The summed E-state index contributed by atoms with van der Waals surface area (Å²) in [5, 5.41) is 20.6. The number of phenolic OH excluding ortho intramolecular Hbond substituents is 2. The minimum absolute atomic E-state index is 0.212. The predicted octanol–water partition coefficient (Wildman–Crippen LogP) is 13.8. The molecular weight excluding hydrogens is 736 g/mol. The van der Waals surface area contributed by atoms with Gasteiger partial charge in [-0.2, -0.15) is 0 Å². The third kappa shape index (κ3) is 10.6. The normalized spacial score (nSPS) is 12.3. The van der Waals surface area contributed by atoms with Gasteiger partial charge in [-0.05, 0) is 134 Å². The number of aryl methyl sites for hydroxylation is 4. The van der Waals surface area contributed by atoms with Crippen molar-refractivity contribution >= 4 is 31.8 Å². The van der Waals surface area contributed by atoms with Crippen LogP contribution in [0.3, 0.4) is 0 Å².